The molecular weight excluding hydrogens is 294 g/mol. The van der Waals surface area contributed by atoms with Crippen LogP contribution in [0.25, 0.3) is 0 Å². The van der Waals surface area contributed by atoms with E-state index in [0.29, 0.717) is 24.5 Å². The molecular formula is C18H27NO4. The summed E-state index contributed by atoms with van der Waals surface area (Å²) < 4.78 is 5.36. The fraction of sp³-hybridized carbons (Fsp3) is 0.556. The molecule has 5 nitrogen and oxygen atoms in total. The molecule has 0 radical (unpaired) electrons. The molecule has 1 atom stereocenters. The number of benzene rings is 1. The molecule has 23 heavy (non-hydrogen) atoms. The SMILES string of the molecule is CCCCN(C)CC(CC(=O)O)C(=O)c1ccc(OCC)cc1. The summed E-state index contributed by atoms with van der Waals surface area (Å²) in [4.78, 5) is 25.7. The van der Waals surface area contributed by atoms with Crippen LogP contribution in [0.2, 0.25) is 0 Å². The molecule has 0 bridgehead atoms. The minimum Gasteiger partial charge on any atom is -0.494 e. The van der Waals surface area contributed by atoms with Crippen LogP contribution in [-0.2, 0) is 4.79 Å². The maximum absolute atomic E-state index is 12.6. The summed E-state index contributed by atoms with van der Waals surface area (Å²) in [5.41, 5.74) is 0.531. The fourth-order valence-electron chi connectivity index (χ4n) is 2.46. The van der Waals surface area contributed by atoms with Gasteiger partial charge in [-0.05, 0) is 51.2 Å². The number of carboxylic acid groups (broad SMARTS) is 1. The maximum atomic E-state index is 12.6. The van der Waals surface area contributed by atoms with E-state index in [2.05, 4.69) is 6.92 Å². The molecule has 1 aromatic rings. The number of nitrogens with zero attached hydrogens (tertiary/aromatic N) is 1. The van der Waals surface area contributed by atoms with Gasteiger partial charge in [0.05, 0.1) is 13.0 Å². The molecule has 0 saturated carbocycles. The van der Waals surface area contributed by atoms with Gasteiger partial charge in [0, 0.05) is 18.0 Å². The Kier molecular flexibility index (Phi) is 8.33. The van der Waals surface area contributed by atoms with Gasteiger partial charge < -0.3 is 14.7 Å². The van der Waals surface area contributed by atoms with Gasteiger partial charge in [-0.1, -0.05) is 13.3 Å². The monoisotopic (exact) mass is 321 g/mol. The van der Waals surface area contributed by atoms with Crippen molar-refractivity contribution in [2.75, 3.05) is 26.7 Å². The molecule has 1 aromatic carbocycles. The predicted octanol–water partition coefficient (Wildman–Crippen LogP) is 3.09. The number of Topliss-reactive ketones (excluding diaryl/α,β-unsaturated/α-hetero) is 1. The number of aliphatic carboxylic acids is 1. The number of carboxylic acids is 1. The maximum Gasteiger partial charge on any atom is 0.304 e. The zero-order chi connectivity index (χ0) is 17.2. The highest BCUT2D eigenvalue weighted by atomic mass is 16.5. The van der Waals surface area contributed by atoms with Gasteiger partial charge >= 0.3 is 5.97 Å². The summed E-state index contributed by atoms with van der Waals surface area (Å²) in [5.74, 6) is -0.900. The molecule has 0 aromatic heterocycles. The first-order chi connectivity index (χ1) is 11.0. The molecule has 0 fully saturated rings. The Labute approximate surface area is 138 Å². The molecule has 0 spiro atoms. The molecule has 0 aliphatic carbocycles. The van der Waals surface area contributed by atoms with Crippen molar-refractivity contribution in [1.29, 1.82) is 0 Å². The predicted molar refractivity (Wildman–Crippen MR) is 90.1 cm³/mol. The van der Waals surface area contributed by atoms with Crippen LogP contribution in [0.15, 0.2) is 24.3 Å². The molecule has 0 aliphatic heterocycles. The van der Waals surface area contributed by atoms with Crippen LogP contribution < -0.4 is 4.74 Å². The first-order valence-electron chi connectivity index (χ1n) is 8.15. The Balaban J connectivity index is 2.79. The van der Waals surface area contributed by atoms with Crippen LogP contribution in [0.3, 0.4) is 0 Å². The smallest absolute Gasteiger partial charge is 0.304 e. The van der Waals surface area contributed by atoms with Gasteiger partial charge in [0.25, 0.3) is 0 Å². The van der Waals surface area contributed by atoms with Crippen molar-refractivity contribution in [3.05, 3.63) is 29.8 Å². The lowest BCUT2D eigenvalue weighted by atomic mass is 9.94. The zero-order valence-electron chi connectivity index (χ0n) is 14.2. The van der Waals surface area contributed by atoms with Crippen molar-refractivity contribution in [2.45, 2.75) is 33.1 Å². The Morgan fingerprint density at radius 2 is 1.87 bits per heavy atom. The van der Waals surface area contributed by atoms with Gasteiger partial charge in [-0.3, -0.25) is 9.59 Å². The molecule has 5 heteroatoms. The standard InChI is InChI=1S/C18H27NO4/c1-4-6-11-19(3)13-15(12-17(20)21)18(22)14-7-9-16(10-8-14)23-5-2/h7-10,15H,4-6,11-13H2,1-3H3,(H,20,21). The summed E-state index contributed by atoms with van der Waals surface area (Å²) in [6, 6.07) is 6.90. The number of unbranched alkanes of at least 4 members (excludes halogenated alkanes) is 1. The Morgan fingerprint density at radius 3 is 2.39 bits per heavy atom. The summed E-state index contributed by atoms with van der Waals surface area (Å²) in [6.07, 6.45) is 1.96. The Morgan fingerprint density at radius 1 is 1.22 bits per heavy atom. The Hall–Kier alpha value is -1.88. The minimum atomic E-state index is -0.946. The third-order valence-electron chi connectivity index (χ3n) is 3.67. The van der Waals surface area contributed by atoms with E-state index in [4.69, 9.17) is 9.84 Å². The zero-order valence-corrected chi connectivity index (χ0v) is 14.2. The van der Waals surface area contributed by atoms with Gasteiger partial charge in [0.2, 0.25) is 0 Å². The van der Waals surface area contributed by atoms with Crippen molar-refractivity contribution in [2.24, 2.45) is 5.92 Å². The number of hydrogen-bond acceptors (Lipinski definition) is 4. The molecule has 128 valence electrons. The third kappa shape index (κ3) is 6.82. The van der Waals surface area contributed by atoms with Gasteiger partial charge in [0.15, 0.2) is 5.78 Å². The van der Waals surface area contributed by atoms with Crippen LogP contribution in [-0.4, -0.2) is 48.5 Å². The number of hydrogen-bond donors (Lipinski definition) is 1. The van der Waals surface area contributed by atoms with E-state index in [1.165, 1.54) is 0 Å². The first-order valence-corrected chi connectivity index (χ1v) is 8.15. The molecule has 1 rings (SSSR count). The average Bonchev–Trinajstić information content (AvgIpc) is 2.52. The molecule has 1 unspecified atom stereocenters. The number of ether oxygens (including phenoxy) is 1. The lowest BCUT2D eigenvalue weighted by Crippen LogP contribution is -2.32. The largest absolute Gasteiger partial charge is 0.494 e. The second-order valence-electron chi connectivity index (χ2n) is 5.73. The topological polar surface area (TPSA) is 66.8 Å². The molecule has 0 amide bonds. The molecule has 0 aliphatic rings. The summed E-state index contributed by atoms with van der Waals surface area (Å²) in [7, 11) is 1.93. The lowest BCUT2D eigenvalue weighted by molar-refractivity contribution is -0.137. The van der Waals surface area contributed by atoms with E-state index in [9.17, 15) is 9.59 Å². The van der Waals surface area contributed by atoms with Gasteiger partial charge in [-0.25, -0.2) is 0 Å². The minimum absolute atomic E-state index is 0.126. The summed E-state index contributed by atoms with van der Waals surface area (Å²) in [6.45, 7) is 5.89. The van der Waals surface area contributed by atoms with E-state index < -0.39 is 11.9 Å². The van der Waals surface area contributed by atoms with E-state index in [-0.39, 0.29) is 12.2 Å². The number of ketones is 1. The van der Waals surface area contributed by atoms with E-state index in [0.717, 1.165) is 19.4 Å². The van der Waals surface area contributed by atoms with E-state index in [1.54, 1.807) is 24.3 Å². The van der Waals surface area contributed by atoms with Crippen molar-refractivity contribution in [1.82, 2.24) is 4.90 Å². The summed E-state index contributed by atoms with van der Waals surface area (Å²) >= 11 is 0. The molecule has 0 heterocycles. The van der Waals surface area contributed by atoms with Crippen LogP contribution in [0, 0.1) is 5.92 Å². The molecule has 0 saturated heterocycles. The van der Waals surface area contributed by atoms with Crippen LogP contribution in [0.5, 0.6) is 5.75 Å². The van der Waals surface area contributed by atoms with Crippen molar-refractivity contribution >= 4 is 11.8 Å². The first kappa shape index (κ1) is 19.2. The number of rotatable bonds is 11. The van der Waals surface area contributed by atoms with Crippen molar-refractivity contribution in [3.63, 3.8) is 0 Å². The van der Waals surface area contributed by atoms with Gasteiger partial charge in [0.1, 0.15) is 5.75 Å². The Bertz CT molecular complexity index is 498. The van der Waals surface area contributed by atoms with Crippen molar-refractivity contribution in [3.8, 4) is 5.75 Å². The quantitative estimate of drug-likeness (QED) is 0.634. The van der Waals surface area contributed by atoms with Gasteiger partial charge in [-0.15, -0.1) is 0 Å². The van der Waals surface area contributed by atoms with Gasteiger partial charge in [-0.2, -0.15) is 0 Å². The van der Waals surface area contributed by atoms with E-state index in [1.807, 2.05) is 18.9 Å². The van der Waals surface area contributed by atoms with Crippen LogP contribution >= 0.6 is 0 Å². The second-order valence-corrected chi connectivity index (χ2v) is 5.73. The average molecular weight is 321 g/mol. The van der Waals surface area contributed by atoms with Crippen molar-refractivity contribution < 1.29 is 19.4 Å². The fourth-order valence-corrected chi connectivity index (χ4v) is 2.46. The lowest BCUT2D eigenvalue weighted by Gasteiger charge is -2.22. The third-order valence-corrected chi connectivity index (χ3v) is 3.67. The number of carbonyl (C=O) groups is 2. The van der Waals surface area contributed by atoms with E-state index >= 15 is 0 Å². The van der Waals surface area contributed by atoms with Crippen LogP contribution in [0.4, 0.5) is 0 Å². The second kappa shape index (κ2) is 10.0. The highest BCUT2D eigenvalue weighted by Crippen LogP contribution is 2.18. The molecule has 1 N–H and O–H groups in total. The number of carbonyl (C=O) groups excluding carboxylic acids is 1. The summed E-state index contributed by atoms with van der Waals surface area (Å²) in [5, 5.41) is 9.09. The highest BCUT2D eigenvalue weighted by Gasteiger charge is 2.24. The normalized spacial score (nSPS) is 12.2. The highest BCUT2D eigenvalue weighted by molar-refractivity contribution is 5.99. The van der Waals surface area contributed by atoms with Crippen LogP contribution in [0.1, 0.15) is 43.5 Å².